The predicted octanol–water partition coefficient (Wildman–Crippen LogP) is 3.20. The van der Waals surface area contributed by atoms with Gasteiger partial charge in [0, 0.05) is 6.54 Å². The summed E-state index contributed by atoms with van der Waals surface area (Å²) in [4.78, 5) is 15.5. The molecule has 0 N–H and O–H groups in total. The summed E-state index contributed by atoms with van der Waals surface area (Å²) < 4.78 is 59.4. The molecule has 1 aromatic heterocycles. The zero-order chi connectivity index (χ0) is 17.1. The van der Waals surface area contributed by atoms with Gasteiger partial charge in [0.2, 0.25) is 11.6 Å². The number of pyridine rings is 1. The van der Waals surface area contributed by atoms with Crippen molar-refractivity contribution in [3.63, 3.8) is 0 Å². The fourth-order valence-corrected chi connectivity index (χ4v) is 2.03. The Labute approximate surface area is 126 Å². The van der Waals surface area contributed by atoms with Gasteiger partial charge >= 0.3 is 5.97 Å². The molecule has 124 valence electrons. The van der Waals surface area contributed by atoms with Crippen molar-refractivity contribution in [2.24, 2.45) is 0 Å². The molecule has 4 nitrogen and oxygen atoms in total. The van der Waals surface area contributed by atoms with E-state index >= 15 is 0 Å². The van der Waals surface area contributed by atoms with Crippen molar-refractivity contribution in [2.45, 2.75) is 39.7 Å². The second-order valence-electron chi connectivity index (χ2n) is 5.10. The van der Waals surface area contributed by atoms with Gasteiger partial charge in [-0.3, -0.25) is 0 Å². The highest BCUT2D eigenvalue weighted by Crippen LogP contribution is 2.32. The molecule has 0 unspecified atom stereocenters. The van der Waals surface area contributed by atoms with Crippen molar-refractivity contribution in [1.82, 2.24) is 4.98 Å². The minimum absolute atomic E-state index is 0.0114. The van der Waals surface area contributed by atoms with E-state index in [2.05, 4.69) is 4.98 Å². The summed E-state index contributed by atoms with van der Waals surface area (Å²) >= 11 is 0. The van der Waals surface area contributed by atoms with E-state index in [1.807, 2.05) is 0 Å². The highest BCUT2D eigenvalue weighted by Gasteiger charge is 2.40. The number of anilines is 1. The number of halogens is 4. The smallest absolute Gasteiger partial charge is 0.331 e. The van der Waals surface area contributed by atoms with Crippen molar-refractivity contribution in [3.8, 4) is 0 Å². The van der Waals surface area contributed by atoms with E-state index in [4.69, 9.17) is 4.74 Å². The Morgan fingerprint density at radius 2 is 1.64 bits per heavy atom. The highest BCUT2D eigenvalue weighted by atomic mass is 19.2. The maximum absolute atomic E-state index is 14.0. The van der Waals surface area contributed by atoms with Crippen LogP contribution in [0.1, 0.15) is 34.1 Å². The molecule has 0 aromatic carbocycles. The lowest BCUT2D eigenvalue weighted by Crippen LogP contribution is -2.52. The van der Waals surface area contributed by atoms with Gasteiger partial charge in [-0.2, -0.15) is 22.5 Å². The summed E-state index contributed by atoms with van der Waals surface area (Å²) in [5.41, 5.74) is -2.49. The normalized spacial score (nSPS) is 11.5. The van der Waals surface area contributed by atoms with E-state index in [9.17, 15) is 22.4 Å². The van der Waals surface area contributed by atoms with Crippen LogP contribution in [0, 0.1) is 23.5 Å². The van der Waals surface area contributed by atoms with Crippen LogP contribution in [-0.4, -0.2) is 29.6 Å². The fraction of sp³-hybridized carbons (Fsp3) is 0.571. The highest BCUT2D eigenvalue weighted by molar-refractivity contribution is 5.84. The maximum Gasteiger partial charge on any atom is 0.331 e. The molecule has 0 fully saturated rings. The lowest BCUT2D eigenvalue weighted by molar-refractivity contribution is -0.148. The third kappa shape index (κ3) is 3.31. The maximum atomic E-state index is 14.0. The second kappa shape index (κ2) is 6.93. The average molecular weight is 322 g/mol. The molecule has 0 aliphatic rings. The van der Waals surface area contributed by atoms with Gasteiger partial charge in [-0.05, 0) is 27.2 Å². The lowest BCUT2D eigenvalue weighted by Gasteiger charge is -2.38. The SMILES string of the molecule is CCCN(c1c(F)c(F)nc(F)c1F)C(C)(C)C(=O)OCC. The number of hydrogen-bond acceptors (Lipinski definition) is 4. The van der Waals surface area contributed by atoms with E-state index < -0.39 is 40.7 Å². The Hall–Kier alpha value is -1.86. The molecule has 1 rings (SSSR count). The summed E-state index contributed by atoms with van der Waals surface area (Å²) in [6, 6.07) is 0. The van der Waals surface area contributed by atoms with Crippen molar-refractivity contribution in [3.05, 3.63) is 23.5 Å². The zero-order valence-corrected chi connectivity index (χ0v) is 12.8. The van der Waals surface area contributed by atoms with Crippen LogP contribution in [-0.2, 0) is 9.53 Å². The van der Waals surface area contributed by atoms with E-state index in [1.165, 1.54) is 13.8 Å². The fourth-order valence-electron chi connectivity index (χ4n) is 2.03. The quantitative estimate of drug-likeness (QED) is 0.458. The van der Waals surface area contributed by atoms with Crippen LogP contribution >= 0.6 is 0 Å². The summed E-state index contributed by atoms with van der Waals surface area (Å²) in [6.07, 6.45) is 0.382. The first kappa shape index (κ1) is 18.2. The molecule has 0 bridgehead atoms. The average Bonchev–Trinajstić information content (AvgIpc) is 2.44. The van der Waals surface area contributed by atoms with Gasteiger partial charge in [0.1, 0.15) is 11.2 Å². The number of esters is 1. The Morgan fingerprint density at radius 3 is 2.05 bits per heavy atom. The van der Waals surface area contributed by atoms with Crippen LogP contribution in [0.2, 0.25) is 0 Å². The zero-order valence-electron chi connectivity index (χ0n) is 12.8. The van der Waals surface area contributed by atoms with Gasteiger partial charge in [-0.25, -0.2) is 4.79 Å². The Kier molecular flexibility index (Phi) is 5.73. The van der Waals surface area contributed by atoms with Crippen molar-refractivity contribution >= 4 is 11.7 Å². The second-order valence-corrected chi connectivity index (χ2v) is 5.10. The summed E-state index contributed by atoms with van der Waals surface area (Å²) in [5, 5.41) is 0. The minimum Gasteiger partial charge on any atom is -0.464 e. The van der Waals surface area contributed by atoms with Crippen LogP contribution in [0.25, 0.3) is 0 Å². The van der Waals surface area contributed by atoms with Gasteiger partial charge in [-0.1, -0.05) is 6.92 Å². The minimum atomic E-state index is -1.77. The molecule has 0 saturated carbocycles. The van der Waals surface area contributed by atoms with E-state index in [0.29, 0.717) is 6.42 Å². The van der Waals surface area contributed by atoms with E-state index in [1.54, 1.807) is 13.8 Å². The summed E-state index contributed by atoms with van der Waals surface area (Å²) in [5.74, 6) is -7.60. The third-order valence-corrected chi connectivity index (χ3v) is 3.14. The first-order valence-electron chi connectivity index (χ1n) is 6.83. The Bertz CT molecular complexity index is 538. The van der Waals surface area contributed by atoms with Crippen molar-refractivity contribution in [1.29, 1.82) is 0 Å². The van der Waals surface area contributed by atoms with Crippen LogP contribution in [0.3, 0.4) is 0 Å². The van der Waals surface area contributed by atoms with Crippen LogP contribution in [0.4, 0.5) is 23.2 Å². The standard InChI is InChI=1S/C14H18F4N2O2/c1-5-7-20(14(3,4)13(21)22-6-2)10-8(15)11(17)19-12(18)9(10)16/h5-7H2,1-4H3. The first-order valence-corrected chi connectivity index (χ1v) is 6.83. The third-order valence-electron chi connectivity index (χ3n) is 3.14. The molecule has 1 aromatic rings. The predicted molar refractivity (Wildman–Crippen MR) is 72.4 cm³/mol. The molecular weight excluding hydrogens is 304 g/mol. The molecule has 0 aliphatic carbocycles. The van der Waals surface area contributed by atoms with Gasteiger partial charge in [0.15, 0.2) is 0 Å². The van der Waals surface area contributed by atoms with Crippen molar-refractivity contribution < 1.29 is 27.1 Å². The number of nitrogens with zero attached hydrogens (tertiary/aromatic N) is 2. The largest absolute Gasteiger partial charge is 0.464 e. The van der Waals surface area contributed by atoms with Gasteiger partial charge in [-0.15, -0.1) is 0 Å². The van der Waals surface area contributed by atoms with Crippen LogP contribution in [0.5, 0.6) is 0 Å². The van der Waals surface area contributed by atoms with Gasteiger partial charge in [0.05, 0.1) is 6.61 Å². The number of carbonyl (C=O) groups excluding carboxylic acids is 1. The monoisotopic (exact) mass is 322 g/mol. The molecule has 0 spiro atoms. The molecule has 22 heavy (non-hydrogen) atoms. The van der Waals surface area contributed by atoms with Crippen molar-refractivity contribution in [2.75, 3.05) is 18.1 Å². The lowest BCUT2D eigenvalue weighted by atomic mass is 10.0. The molecule has 0 radical (unpaired) electrons. The van der Waals surface area contributed by atoms with Gasteiger partial charge in [0.25, 0.3) is 11.9 Å². The van der Waals surface area contributed by atoms with Gasteiger partial charge < -0.3 is 9.64 Å². The first-order chi connectivity index (χ1) is 10.2. The molecule has 1 heterocycles. The van der Waals surface area contributed by atoms with Crippen LogP contribution in [0.15, 0.2) is 0 Å². The van der Waals surface area contributed by atoms with Crippen LogP contribution < -0.4 is 4.90 Å². The van der Waals surface area contributed by atoms with E-state index in [0.717, 1.165) is 4.90 Å². The number of hydrogen-bond donors (Lipinski definition) is 0. The summed E-state index contributed by atoms with van der Waals surface area (Å²) in [6.45, 7) is 6.03. The summed E-state index contributed by atoms with van der Waals surface area (Å²) in [7, 11) is 0. The molecule has 0 amide bonds. The molecular formula is C14H18F4N2O2. The number of carbonyl (C=O) groups is 1. The number of aromatic nitrogens is 1. The number of ether oxygens (including phenoxy) is 1. The molecule has 0 saturated heterocycles. The molecule has 0 atom stereocenters. The number of rotatable bonds is 6. The topological polar surface area (TPSA) is 42.4 Å². The molecule has 0 aliphatic heterocycles. The molecule has 8 heteroatoms. The van der Waals surface area contributed by atoms with E-state index in [-0.39, 0.29) is 13.2 Å². The Balaban J connectivity index is 3.48. The Morgan fingerprint density at radius 1 is 1.14 bits per heavy atom.